The van der Waals surface area contributed by atoms with E-state index in [0.717, 1.165) is 6.07 Å². The number of rotatable bonds is 6. The lowest BCUT2D eigenvalue weighted by Gasteiger charge is -2.12. The molecule has 2 rings (SSSR count). The second kappa shape index (κ2) is 15.1. The Hall–Kier alpha value is -4.55. The molecule has 0 aliphatic carbocycles. The van der Waals surface area contributed by atoms with Gasteiger partial charge < -0.3 is 21.3 Å². The number of hydrogen-bond donors (Lipinski definition) is 4. The first kappa shape index (κ1) is 37.6. The van der Waals surface area contributed by atoms with Crippen molar-refractivity contribution in [2.75, 3.05) is 5.32 Å². The quantitative estimate of drug-likeness (QED) is 0.194. The summed E-state index contributed by atoms with van der Waals surface area (Å²) in [7, 11) is 0. The van der Waals surface area contributed by atoms with Crippen LogP contribution in [0.2, 0.25) is 0 Å². The van der Waals surface area contributed by atoms with E-state index < -0.39 is 74.5 Å². The van der Waals surface area contributed by atoms with Crippen LogP contribution in [0.1, 0.15) is 32.4 Å². The standard InChI is InChI=1S/C10H9F3N2O4.C7H3F4NO2.C3H7NO2.CH4/c1-5(9(16)17)14-7-3-2-6(10(11,12)13)4-8(7)15(18)19;8-5-2-1-4(7(9,10)11)3-6(5)12(13)14;1-2(4)3(5)6;/h2-5,14H,1H3,(H,16,17);1-3H;2H,4H2,1H3,(H,5,6);1H4/t5-;;2-;/m0.0./s1. The van der Waals surface area contributed by atoms with Crippen molar-refractivity contribution in [1.29, 1.82) is 0 Å². The first-order valence-corrected chi connectivity index (χ1v) is 9.94. The van der Waals surface area contributed by atoms with E-state index >= 15 is 0 Å². The summed E-state index contributed by atoms with van der Waals surface area (Å²) in [6.07, 6.45) is -9.42. The van der Waals surface area contributed by atoms with Crippen LogP contribution in [0.3, 0.4) is 0 Å². The summed E-state index contributed by atoms with van der Waals surface area (Å²) in [5.41, 5.74) is 0.122. The van der Waals surface area contributed by atoms with Crippen molar-refractivity contribution in [3.63, 3.8) is 0 Å². The molecule has 19 heteroatoms. The van der Waals surface area contributed by atoms with Gasteiger partial charge in [0.15, 0.2) is 0 Å². The molecule has 0 spiro atoms. The number of benzene rings is 2. The van der Waals surface area contributed by atoms with Gasteiger partial charge in [-0.05, 0) is 38.1 Å². The Morgan fingerprint density at radius 1 is 0.850 bits per heavy atom. The number of carboxylic acids is 2. The number of nitrogens with zero attached hydrogens (tertiary/aromatic N) is 2. The fraction of sp³-hybridized carbons (Fsp3) is 0.333. The number of nitro groups is 2. The molecule has 0 amide bonds. The third-order valence-corrected chi connectivity index (χ3v) is 4.12. The Morgan fingerprint density at radius 3 is 1.55 bits per heavy atom. The van der Waals surface area contributed by atoms with Gasteiger partial charge in [-0.15, -0.1) is 0 Å². The topological polar surface area (TPSA) is 199 Å². The number of carboxylic acid groups (broad SMARTS) is 2. The highest BCUT2D eigenvalue weighted by molar-refractivity contribution is 5.78. The van der Waals surface area contributed by atoms with Crippen molar-refractivity contribution in [1.82, 2.24) is 0 Å². The van der Waals surface area contributed by atoms with Crippen LogP contribution >= 0.6 is 0 Å². The Balaban J connectivity index is 0. The van der Waals surface area contributed by atoms with Gasteiger partial charge in [0.05, 0.1) is 21.0 Å². The number of alkyl halides is 6. The minimum absolute atomic E-state index is 0. The minimum atomic E-state index is -4.71. The lowest BCUT2D eigenvalue weighted by atomic mass is 10.1. The average molecular weight is 592 g/mol. The highest BCUT2D eigenvalue weighted by Crippen LogP contribution is 2.35. The number of nitro benzene ring substituents is 2. The van der Waals surface area contributed by atoms with E-state index in [2.05, 4.69) is 5.32 Å². The van der Waals surface area contributed by atoms with Gasteiger partial charge in [-0.1, -0.05) is 7.43 Å². The molecular weight excluding hydrogens is 569 g/mol. The van der Waals surface area contributed by atoms with Crippen LogP contribution in [0, 0.1) is 26.0 Å². The summed E-state index contributed by atoms with van der Waals surface area (Å²) in [6.45, 7) is 2.63. The van der Waals surface area contributed by atoms with Crippen LogP contribution in [0.4, 0.5) is 47.8 Å². The SMILES string of the molecule is C.C[C@H](N)C(=O)O.C[C@H](Nc1ccc(C(F)(F)F)cc1[N+](=O)[O-])C(=O)O.O=[N+]([O-])c1cc(C(F)(F)F)ccc1F. The highest BCUT2D eigenvalue weighted by Gasteiger charge is 2.34. The Labute approximate surface area is 220 Å². The van der Waals surface area contributed by atoms with Crippen molar-refractivity contribution >= 4 is 29.0 Å². The molecule has 0 saturated carbocycles. The van der Waals surface area contributed by atoms with Gasteiger partial charge in [-0.2, -0.15) is 30.7 Å². The molecule has 12 nitrogen and oxygen atoms in total. The second-order valence-corrected chi connectivity index (χ2v) is 7.24. The van der Waals surface area contributed by atoms with Crippen LogP contribution in [0.5, 0.6) is 0 Å². The molecule has 2 aromatic rings. The molecule has 0 aliphatic heterocycles. The van der Waals surface area contributed by atoms with E-state index in [-0.39, 0.29) is 19.2 Å². The minimum Gasteiger partial charge on any atom is -0.480 e. The van der Waals surface area contributed by atoms with E-state index in [0.29, 0.717) is 24.3 Å². The van der Waals surface area contributed by atoms with Gasteiger partial charge in [-0.25, -0.2) is 0 Å². The summed E-state index contributed by atoms with van der Waals surface area (Å²) < 4.78 is 85.9. The molecule has 5 N–H and O–H groups in total. The number of carbonyl (C=O) groups is 2. The van der Waals surface area contributed by atoms with E-state index in [1.165, 1.54) is 13.8 Å². The number of halogens is 7. The van der Waals surface area contributed by atoms with E-state index in [1.807, 2.05) is 0 Å². The van der Waals surface area contributed by atoms with E-state index in [4.69, 9.17) is 15.9 Å². The molecule has 2 aromatic carbocycles. The smallest absolute Gasteiger partial charge is 0.416 e. The van der Waals surface area contributed by atoms with Gasteiger partial charge in [0.2, 0.25) is 5.82 Å². The summed E-state index contributed by atoms with van der Waals surface area (Å²) in [5, 5.41) is 39.6. The molecule has 0 fully saturated rings. The maximum absolute atomic E-state index is 12.6. The predicted molar refractivity (Wildman–Crippen MR) is 125 cm³/mol. The Bertz CT molecular complexity index is 1200. The van der Waals surface area contributed by atoms with Crippen LogP contribution < -0.4 is 11.1 Å². The maximum atomic E-state index is 12.6. The van der Waals surface area contributed by atoms with Crippen LogP contribution in [0.15, 0.2) is 36.4 Å². The summed E-state index contributed by atoms with van der Waals surface area (Å²) in [4.78, 5) is 38.8. The third-order valence-electron chi connectivity index (χ3n) is 4.12. The molecule has 0 bridgehead atoms. The third kappa shape index (κ3) is 12.3. The summed E-state index contributed by atoms with van der Waals surface area (Å²) >= 11 is 0. The summed E-state index contributed by atoms with van der Waals surface area (Å²) in [5.74, 6) is -3.54. The maximum Gasteiger partial charge on any atom is 0.416 e. The van der Waals surface area contributed by atoms with E-state index in [9.17, 15) is 60.6 Å². The van der Waals surface area contributed by atoms with Crippen LogP contribution in [-0.2, 0) is 21.9 Å². The summed E-state index contributed by atoms with van der Waals surface area (Å²) in [6, 6.07) is 0.959. The van der Waals surface area contributed by atoms with E-state index in [1.54, 1.807) is 0 Å². The first-order chi connectivity index (χ1) is 17.6. The second-order valence-electron chi connectivity index (χ2n) is 7.24. The van der Waals surface area contributed by atoms with Crippen molar-refractivity contribution in [2.45, 2.75) is 45.7 Å². The average Bonchev–Trinajstić information content (AvgIpc) is 2.78. The number of anilines is 1. The highest BCUT2D eigenvalue weighted by atomic mass is 19.4. The van der Waals surface area contributed by atoms with Crippen molar-refractivity contribution < 1.29 is 60.4 Å². The molecule has 0 radical (unpaired) electrons. The largest absolute Gasteiger partial charge is 0.480 e. The number of hydrogen-bond acceptors (Lipinski definition) is 8. The van der Waals surface area contributed by atoms with Gasteiger partial charge >= 0.3 is 30.0 Å². The van der Waals surface area contributed by atoms with Gasteiger partial charge in [0.1, 0.15) is 17.8 Å². The van der Waals surface area contributed by atoms with Gasteiger partial charge in [0, 0.05) is 12.1 Å². The lowest BCUT2D eigenvalue weighted by Crippen LogP contribution is -2.25. The fourth-order valence-electron chi connectivity index (χ4n) is 2.10. The first-order valence-electron chi connectivity index (χ1n) is 9.94. The zero-order chi connectivity index (χ0) is 30.9. The van der Waals surface area contributed by atoms with Crippen LogP contribution in [0.25, 0.3) is 0 Å². The normalized spacial score (nSPS) is 12.2. The molecule has 0 unspecified atom stereocenters. The molecule has 224 valence electrons. The fourth-order valence-corrected chi connectivity index (χ4v) is 2.10. The molecule has 0 aromatic heterocycles. The lowest BCUT2D eigenvalue weighted by molar-refractivity contribution is -0.387. The molecule has 0 saturated heterocycles. The number of nitrogens with one attached hydrogen (secondary N) is 1. The molecule has 2 atom stereocenters. The van der Waals surface area contributed by atoms with Crippen molar-refractivity contribution in [2.24, 2.45) is 5.73 Å². The zero-order valence-corrected chi connectivity index (χ0v) is 19.6. The zero-order valence-electron chi connectivity index (χ0n) is 19.6. The monoisotopic (exact) mass is 592 g/mol. The van der Waals surface area contributed by atoms with Crippen molar-refractivity contribution in [3.8, 4) is 0 Å². The molecule has 40 heavy (non-hydrogen) atoms. The molecule has 0 aliphatic rings. The Kier molecular flexibility index (Phi) is 14.2. The molecule has 0 heterocycles. The van der Waals surface area contributed by atoms with Gasteiger partial charge in [-0.3, -0.25) is 29.8 Å². The van der Waals surface area contributed by atoms with Crippen molar-refractivity contribution in [3.05, 3.63) is 73.6 Å². The van der Waals surface area contributed by atoms with Gasteiger partial charge in [0.25, 0.3) is 5.69 Å². The number of aliphatic carboxylic acids is 2. The molecular formula is C21H23F7N4O8. The Morgan fingerprint density at radius 2 is 1.23 bits per heavy atom. The predicted octanol–water partition coefficient (Wildman–Crippen LogP) is 5.31. The van der Waals surface area contributed by atoms with Crippen LogP contribution in [-0.4, -0.2) is 44.1 Å². The number of nitrogens with two attached hydrogens (primary N) is 1.